The number of hydrogen-bond acceptors (Lipinski definition) is 6. The number of nitro groups is 1. The number of carbonyl (C=O) groups is 1. The summed E-state index contributed by atoms with van der Waals surface area (Å²) in [5.41, 5.74) is -1.75. The highest BCUT2D eigenvalue weighted by Crippen LogP contribution is 2.31. The molecule has 2 aromatic rings. The van der Waals surface area contributed by atoms with Crippen molar-refractivity contribution in [1.82, 2.24) is 4.57 Å². The minimum Gasteiger partial charge on any atom is -0.494 e. The number of nitro benzene ring substituents is 1. The number of pyridine rings is 1. The lowest BCUT2D eigenvalue weighted by molar-refractivity contribution is -0.384. The van der Waals surface area contributed by atoms with Gasteiger partial charge in [-0.3, -0.25) is 24.3 Å². The van der Waals surface area contributed by atoms with Crippen LogP contribution >= 0.6 is 11.6 Å². The lowest BCUT2D eigenvalue weighted by Crippen LogP contribution is -2.28. The minimum atomic E-state index is -0.752. The summed E-state index contributed by atoms with van der Waals surface area (Å²) in [5, 5.41) is 30.9. The molecule has 1 atom stereocenters. The zero-order valence-electron chi connectivity index (χ0n) is 14.8. The highest BCUT2D eigenvalue weighted by molar-refractivity contribution is 6.32. The van der Waals surface area contributed by atoms with Crippen molar-refractivity contribution in [2.45, 2.75) is 33.2 Å². The number of nitriles is 1. The SMILES string of the molecule is CCC(C)n1c(O)c(C(=O)c2ccc(Cl)c([N+](=O)[O-])c2)c(C)c(C#N)c1=O. The van der Waals surface area contributed by atoms with Gasteiger partial charge in [0.2, 0.25) is 5.88 Å². The Morgan fingerprint density at radius 2 is 2.11 bits per heavy atom. The van der Waals surface area contributed by atoms with Crippen LogP contribution in [0.3, 0.4) is 0 Å². The number of aromatic hydroxyl groups is 1. The Bertz CT molecular complexity index is 1050. The fourth-order valence-corrected chi connectivity index (χ4v) is 2.91. The van der Waals surface area contributed by atoms with E-state index in [4.69, 9.17) is 11.6 Å². The molecule has 1 aromatic carbocycles. The molecule has 140 valence electrons. The van der Waals surface area contributed by atoms with Crippen LogP contribution in [0, 0.1) is 28.4 Å². The van der Waals surface area contributed by atoms with Crippen LogP contribution < -0.4 is 5.56 Å². The molecule has 0 aliphatic rings. The summed E-state index contributed by atoms with van der Waals surface area (Å²) in [7, 11) is 0. The maximum absolute atomic E-state index is 13.0. The van der Waals surface area contributed by atoms with Crippen LogP contribution in [0.4, 0.5) is 5.69 Å². The molecule has 1 N–H and O–H groups in total. The second-order valence-electron chi connectivity index (χ2n) is 6.00. The molecule has 2 rings (SSSR count). The van der Waals surface area contributed by atoms with E-state index in [-0.39, 0.29) is 27.3 Å². The van der Waals surface area contributed by atoms with E-state index >= 15 is 0 Å². The maximum Gasteiger partial charge on any atom is 0.288 e. The molecule has 0 radical (unpaired) electrons. The molecule has 9 heteroatoms. The van der Waals surface area contributed by atoms with Gasteiger partial charge in [0.1, 0.15) is 16.7 Å². The van der Waals surface area contributed by atoms with Gasteiger partial charge in [-0.05, 0) is 38.0 Å². The van der Waals surface area contributed by atoms with Crippen molar-refractivity contribution in [3.8, 4) is 11.9 Å². The van der Waals surface area contributed by atoms with Crippen LogP contribution in [0.1, 0.15) is 53.4 Å². The molecule has 0 bridgehead atoms. The molecule has 0 aliphatic carbocycles. The van der Waals surface area contributed by atoms with E-state index in [0.29, 0.717) is 6.42 Å². The van der Waals surface area contributed by atoms with E-state index in [1.54, 1.807) is 19.9 Å². The first-order valence-electron chi connectivity index (χ1n) is 8.02. The Balaban J connectivity index is 2.81. The summed E-state index contributed by atoms with van der Waals surface area (Å²) < 4.78 is 0.989. The molecule has 0 spiro atoms. The monoisotopic (exact) mass is 389 g/mol. The molecule has 27 heavy (non-hydrogen) atoms. The second kappa shape index (κ2) is 7.60. The predicted molar refractivity (Wildman–Crippen MR) is 98.4 cm³/mol. The van der Waals surface area contributed by atoms with E-state index in [1.807, 2.05) is 0 Å². The molecule has 1 heterocycles. The van der Waals surface area contributed by atoms with E-state index in [9.17, 15) is 30.1 Å². The quantitative estimate of drug-likeness (QED) is 0.473. The van der Waals surface area contributed by atoms with E-state index < -0.39 is 33.9 Å². The molecule has 0 aliphatic heterocycles. The molecular formula is C18H16ClN3O5. The topological polar surface area (TPSA) is 126 Å². The fraction of sp³-hybridized carbons (Fsp3) is 0.278. The third kappa shape index (κ3) is 3.41. The Labute approximate surface area is 159 Å². The average molecular weight is 390 g/mol. The molecular weight excluding hydrogens is 374 g/mol. The number of halogens is 1. The van der Waals surface area contributed by atoms with Gasteiger partial charge in [-0.1, -0.05) is 18.5 Å². The average Bonchev–Trinajstić information content (AvgIpc) is 2.61. The van der Waals surface area contributed by atoms with Gasteiger partial charge in [0, 0.05) is 17.7 Å². The van der Waals surface area contributed by atoms with Crippen molar-refractivity contribution in [1.29, 1.82) is 5.26 Å². The van der Waals surface area contributed by atoms with Gasteiger partial charge in [0.15, 0.2) is 5.78 Å². The summed E-state index contributed by atoms with van der Waals surface area (Å²) in [6.07, 6.45) is 0.474. The summed E-state index contributed by atoms with van der Waals surface area (Å²) in [4.78, 5) is 35.8. The normalized spacial score (nSPS) is 11.7. The number of ketones is 1. The Kier molecular flexibility index (Phi) is 5.66. The van der Waals surface area contributed by atoms with Gasteiger partial charge in [-0.2, -0.15) is 5.26 Å². The van der Waals surface area contributed by atoms with Crippen LogP contribution in [-0.2, 0) is 0 Å². The first-order chi connectivity index (χ1) is 12.6. The zero-order chi connectivity index (χ0) is 20.5. The summed E-state index contributed by atoms with van der Waals surface area (Å²) in [6, 6.07) is 4.78. The summed E-state index contributed by atoms with van der Waals surface area (Å²) in [5.74, 6) is -1.33. The highest BCUT2D eigenvalue weighted by Gasteiger charge is 2.27. The van der Waals surface area contributed by atoms with Gasteiger partial charge in [0.25, 0.3) is 11.2 Å². The molecule has 0 amide bonds. The van der Waals surface area contributed by atoms with Gasteiger partial charge < -0.3 is 5.11 Å². The summed E-state index contributed by atoms with van der Waals surface area (Å²) >= 11 is 5.77. The fourth-order valence-electron chi connectivity index (χ4n) is 2.72. The lowest BCUT2D eigenvalue weighted by atomic mass is 9.96. The summed E-state index contributed by atoms with van der Waals surface area (Å²) in [6.45, 7) is 4.82. The van der Waals surface area contributed by atoms with Gasteiger partial charge in [-0.25, -0.2) is 0 Å². The Morgan fingerprint density at radius 3 is 2.63 bits per heavy atom. The third-order valence-corrected chi connectivity index (χ3v) is 4.73. The first-order valence-corrected chi connectivity index (χ1v) is 8.40. The smallest absolute Gasteiger partial charge is 0.288 e. The van der Waals surface area contributed by atoms with Gasteiger partial charge >= 0.3 is 0 Å². The van der Waals surface area contributed by atoms with Crippen molar-refractivity contribution in [3.05, 3.63) is 65.9 Å². The van der Waals surface area contributed by atoms with Crippen LogP contribution in [0.5, 0.6) is 5.88 Å². The van der Waals surface area contributed by atoms with E-state index in [0.717, 1.165) is 10.6 Å². The third-order valence-electron chi connectivity index (χ3n) is 4.41. The number of nitrogens with zero attached hydrogens (tertiary/aromatic N) is 3. The number of benzene rings is 1. The van der Waals surface area contributed by atoms with Gasteiger partial charge in [0.05, 0.1) is 10.5 Å². The van der Waals surface area contributed by atoms with E-state index in [1.165, 1.54) is 19.1 Å². The highest BCUT2D eigenvalue weighted by atomic mass is 35.5. The molecule has 8 nitrogen and oxygen atoms in total. The maximum atomic E-state index is 13.0. The van der Waals surface area contributed by atoms with Crippen LogP contribution in [0.15, 0.2) is 23.0 Å². The minimum absolute atomic E-state index is 0.0159. The number of carbonyl (C=O) groups excluding carboxylic acids is 1. The molecule has 0 saturated carbocycles. The second-order valence-corrected chi connectivity index (χ2v) is 6.40. The molecule has 0 saturated heterocycles. The molecule has 0 fully saturated rings. The first kappa shape index (κ1) is 20.1. The van der Waals surface area contributed by atoms with Crippen molar-refractivity contribution < 1.29 is 14.8 Å². The van der Waals surface area contributed by atoms with Crippen LogP contribution in [0.2, 0.25) is 5.02 Å². The van der Waals surface area contributed by atoms with Crippen molar-refractivity contribution >= 4 is 23.1 Å². The standard InChI is InChI=1S/C18H16ClN3O5/c1-4-9(2)21-17(24)12(8-20)10(3)15(18(21)25)16(23)11-5-6-13(19)14(7-11)22(26)27/h5-7,9,25H,4H2,1-3H3. The van der Waals surface area contributed by atoms with Crippen molar-refractivity contribution in [3.63, 3.8) is 0 Å². The van der Waals surface area contributed by atoms with Crippen molar-refractivity contribution in [2.75, 3.05) is 0 Å². The predicted octanol–water partition coefficient (Wildman–Crippen LogP) is 3.50. The van der Waals surface area contributed by atoms with E-state index in [2.05, 4.69) is 0 Å². The molecule has 1 aromatic heterocycles. The van der Waals surface area contributed by atoms with Crippen LogP contribution in [0.25, 0.3) is 0 Å². The molecule has 1 unspecified atom stereocenters. The lowest BCUT2D eigenvalue weighted by Gasteiger charge is -2.19. The Hall–Kier alpha value is -3.18. The largest absolute Gasteiger partial charge is 0.494 e. The number of rotatable bonds is 5. The van der Waals surface area contributed by atoms with Crippen LogP contribution in [-0.4, -0.2) is 20.4 Å². The van der Waals surface area contributed by atoms with Gasteiger partial charge in [-0.15, -0.1) is 0 Å². The Morgan fingerprint density at radius 1 is 1.48 bits per heavy atom. The number of aromatic nitrogens is 1. The number of hydrogen-bond donors (Lipinski definition) is 1. The zero-order valence-corrected chi connectivity index (χ0v) is 15.6. The van der Waals surface area contributed by atoms with Crippen molar-refractivity contribution in [2.24, 2.45) is 0 Å².